The summed E-state index contributed by atoms with van der Waals surface area (Å²) in [4.78, 5) is 10.3. The number of nitrogens with two attached hydrogens (primary N) is 1. The van der Waals surface area contributed by atoms with Crippen LogP contribution in [0.4, 0.5) is 0 Å². The first-order valence-corrected chi connectivity index (χ1v) is 6.35. The fourth-order valence-electron chi connectivity index (χ4n) is 0.991. The van der Waals surface area contributed by atoms with Crippen molar-refractivity contribution < 1.29 is 18.3 Å². The van der Waals surface area contributed by atoms with E-state index in [1.54, 1.807) is 13.8 Å². The minimum atomic E-state index is -3.30. The predicted molar refractivity (Wildman–Crippen MR) is 56.9 cm³/mol. The molecule has 0 amide bonds. The molecule has 0 spiro atoms. The summed E-state index contributed by atoms with van der Waals surface area (Å²) in [5.41, 5.74) is 5.21. The Morgan fingerprint density at radius 2 is 2.00 bits per heavy atom. The Bertz CT molecular complexity index is 300. The van der Waals surface area contributed by atoms with Gasteiger partial charge in [0, 0.05) is 6.54 Å². The van der Waals surface area contributed by atoms with Gasteiger partial charge in [0.05, 0.1) is 5.75 Å². The molecular weight excluding hydrogens is 220 g/mol. The van der Waals surface area contributed by atoms with Gasteiger partial charge in [-0.25, -0.2) is 13.1 Å². The van der Waals surface area contributed by atoms with Gasteiger partial charge in [-0.05, 0) is 12.3 Å². The minimum Gasteiger partial charge on any atom is -0.480 e. The Morgan fingerprint density at radius 1 is 1.47 bits per heavy atom. The van der Waals surface area contributed by atoms with Gasteiger partial charge in [0.2, 0.25) is 10.0 Å². The second-order valence-electron chi connectivity index (χ2n) is 3.80. The van der Waals surface area contributed by atoms with E-state index in [0.29, 0.717) is 0 Å². The molecule has 0 saturated carbocycles. The summed E-state index contributed by atoms with van der Waals surface area (Å²) in [5.74, 6) is -1.05. The molecule has 0 bridgehead atoms. The highest BCUT2D eigenvalue weighted by Crippen LogP contribution is 1.97. The standard InChI is InChI=1S/C8H18N2O4S/c1-6(2)5-15(13,14)10-4-3-7(9)8(11)12/h6-7,10H,3-5,9H2,1-2H3,(H,11,12). The van der Waals surface area contributed by atoms with Crippen molar-refractivity contribution >= 4 is 16.0 Å². The number of carbonyl (C=O) groups is 1. The molecule has 0 saturated heterocycles. The lowest BCUT2D eigenvalue weighted by atomic mass is 10.2. The zero-order valence-corrected chi connectivity index (χ0v) is 9.75. The van der Waals surface area contributed by atoms with Crippen LogP contribution in [0.5, 0.6) is 0 Å². The molecule has 6 nitrogen and oxygen atoms in total. The van der Waals surface area contributed by atoms with E-state index < -0.39 is 22.0 Å². The zero-order valence-electron chi connectivity index (χ0n) is 8.93. The van der Waals surface area contributed by atoms with Crippen LogP contribution in [-0.2, 0) is 14.8 Å². The normalized spacial score (nSPS) is 14.1. The smallest absolute Gasteiger partial charge is 0.320 e. The molecule has 0 aliphatic carbocycles. The number of sulfonamides is 1. The Hall–Kier alpha value is -0.660. The Morgan fingerprint density at radius 3 is 2.40 bits per heavy atom. The highest BCUT2D eigenvalue weighted by atomic mass is 32.2. The van der Waals surface area contributed by atoms with E-state index in [-0.39, 0.29) is 24.6 Å². The third kappa shape index (κ3) is 7.29. The predicted octanol–water partition coefficient (Wildman–Crippen LogP) is -0.636. The first-order chi connectivity index (χ1) is 6.74. The summed E-state index contributed by atoms with van der Waals surface area (Å²) in [5, 5.41) is 8.45. The van der Waals surface area contributed by atoms with Gasteiger partial charge in [-0.1, -0.05) is 13.8 Å². The lowest BCUT2D eigenvalue weighted by Crippen LogP contribution is -2.36. The first-order valence-electron chi connectivity index (χ1n) is 4.70. The molecule has 0 fully saturated rings. The molecule has 0 heterocycles. The summed E-state index contributed by atoms with van der Waals surface area (Å²) in [7, 11) is -3.30. The van der Waals surface area contributed by atoms with Crippen molar-refractivity contribution in [2.75, 3.05) is 12.3 Å². The largest absolute Gasteiger partial charge is 0.480 e. The SMILES string of the molecule is CC(C)CS(=O)(=O)NCCC(N)C(=O)O. The van der Waals surface area contributed by atoms with Gasteiger partial charge in [0.15, 0.2) is 0 Å². The third-order valence-corrected chi connectivity index (χ3v) is 3.40. The Kier molecular flexibility index (Phi) is 5.77. The monoisotopic (exact) mass is 238 g/mol. The first kappa shape index (κ1) is 14.3. The van der Waals surface area contributed by atoms with Crippen LogP contribution >= 0.6 is 0 Å². The summed E-state index contributed by atoms with van der Waals surface area (Å²) in [6, 6.07) is -1.02. The molecule has 0 aromatic carbocycles. The van der Waals surface area contributed by atoms with Gasteiger partial charge >= 0.3 is 5.97 Å². The summed E-state index contributed by atoms with van der Waals surface area (Å²) >= 11 is 0. The van der Waals surface area contributed by atoms with E-state index in [1.807, 2.05) is 0 Å². The molecule has 1 unspecified atom stereocenters. The number of aliphatic carboxylic acids is 1. The van der Waals surface area contributed by atoms with E-state index >= 15 is 0 Å². The molecule has 4 N–H and O–H groups in total. The molecule has 0 aliphatic rings. The van der Waals surface area contributed by atoms with Crippen LogP contribution in [0.2, 0.25) is 0 Å². The average molecular weight is 238 g/mol. The number of nitrogens with one attached hydrogen (secondary N) is 1. The molecule has 15 heavy (non-hydrogen) atoms. The lowest BCUT2D eigenvalue weighted by molar-refractivity contribution is -0.138. The Labute approximate surface area is 89.9 Å². The second kappa shape index (κ2) is 6.04. The molecule has 1 atom stereocenters. The van der Waals surface area contributed by atoms with Crippen molar-refractivity contribution in [3.05, 3.63) is 0 Å². The number of carboxylic acids is 1. The minimum absolute atomic E-state index is 0.0370. The molecule has 90 valence electrons. The van der Waals surface area contributed by atoms with Gasteiger partial charge in [-0.2, -0.15) is 0 Å². The number of hydrogen-bond donors (Lipinski definition) is 3. The molecule has 0 aromatic heterocycles. The second-order valence-corrected chi connectivity index (χ2v) is 5.65. The van der Waals surface area contributed by atoms with Crippen molar-refractivity contribution in [1.82, 2.24) is 4.72 Å². The van der Waals surface area contributed by atoms with E-state index in [4.69, 9.17) is 10.8 Å². The maximum absolute atomic E-state index is 11.3. The van der Waals surface area contributed by atoms with Crippen LogP contribution in [0.1, 0.15) is 20.3 Å². The van der Waals surface area contributed by atoms with E-state index in [2.05, 4.69) is 4.72 Å². The van der Waals surface area contributed by atoms with E-state index in [1.165, 1.54) is 0 Å². The van der Waals surface area contributed by atoms with E-state index in [0.717, 1.165) is 0 Å². The van der Waals surface area contributed by atoms with Gasteiger partial charge in [0.1, 0.15) is 6.04 Å². The van der Waals surface area contributed by atoms with Gasteiger partial charge in [0.25, 0.3) is 0 Å². The average Bonchev–Trinajstić information content (AvgIpc) is 2.00. The fraction of sp³-hybridized carbons (Fsp3) is 0.875. The topological polar surface area (TPSA) is 109 Å². The number of carboxylic acid groups (broad SMARTS) is 1. The van der Waals surface area contributed by atoms with Crippen molar-refractivity contribution in [3.8, 4) is 0 Å². The van der Waals surface area contributed by atoms with Crippen molar-refractivity contribution in [1.29, 1.82) is 0 Å². The van der Waals surface area contributed by atoms with Crippen LogP contribution in [0.25, 0.3) is 0 Å². The maximum Gasteiger partial charge on any atom is 0.320 e. The van der Waals surface area contributed by atoms with Crippen molar-refractivity contribution in [2.45, 2.75) is 26.3 Å². The quantitative estimate of drug-likeness (QED) is 0.546. The number of rotatable bonds is 7. The van der Waals surface area contributed by atoms with Crippen LogP contribution in [0, 0.1) is 5.92 Å². The molecular formula is C8H18N2O4S. The summed E-state index contributed by atoms with van der Waals surface area (Å²) < 4.78 is 24.9. The maximum atomic E-state index is 11.3. The van der Waals surface area contributed by atoms with Crippen LogP contribution in [0.3, 0.4) is 0 Å². The highest BCUT2D eigenvalue weighted by Gasteiger charge is 2.15. The Balaban J connectivity index is 3.91. The molecule has 0 rings (SSSR count). The molecule has 0 radical (unpaired) electrons. The van der Waals surface area contributed by atoms with Gasteiger partial charge < -0.3 is 10.8 Å². The third-order valence-electron chi connectivity index (χ3n) is 1.65. The van der Waals surface area contributed by atoms with Crippen LogP contribution in [-0.4, -0.2) is 37.8 Å². The van der Waals surface area contributed by atoms with Crippen molar-refractivity contribution in [2.24, 2.45) is 11.7 Å². The fourth-order valence-corrected chi connectivity index (χ4v) is 2.42. The number of hydrogen-bond acceptors (Lipinski definition) is 4. The molecule has 0 aliphatic heterocycles. The van der Waals surface area contributed by atoms with Crippen LogP contribution < -0.4 is 10.5 Å². The van der Waals surface area contributed by atoms with Gasteiger partial charge in [-0.3, -0.25) is 4.79 Å². The summed E-state index contributed by atoms with van der Waals surface area (Å²) in [6.07, 6.45) is 0.0899. The zero-order chi connectivity index (χ0) is 12.1. The molecule has 7 heteroatoms. The van der Waals surface area contributed by atoms with Gasteiger partial charge in [-0.15, -0.1) is 0 Å². The van der Waals surface area contributed by atoms with Crippen LogP contribution in [0.15, 0.2) is 0 Å². The summed E-state index contributed by atoms with van der Waals surface area (Å²) in [6.45, 7) is 3.65. The lowest BCUT2D eigenvalue weighted by Gasteiger charge is -2.10. The van der Waals surface area contributed by atoms with E-state index in [9.17, 15) is 13.2 Å². The molecule has 0 aromatic rings. The van der Waals surface area contributed by atoms with Crippen molar-refractivity contribution in [3.63, 3.8) is 0 Å². The highest BCUT2D eigenvalue weighted by molar-refractivity contribution is 7.89.